The van der Waals surface area contributed by atoms with Crippen molar-refractivity contribution in [1.82, 2.24) is 15.1 Å². The Balaban J connectivity index is 0.00000243. The highest BCUT2D eigenvalue weighted by Crippen LogP contribution is 2.15. The van der Waals surface area contributed by atoms with Crippen LogP contribution in [0.5, 0.6) is 5.75 Å². The molecule has 3 rings (SSSR count). The summed E-state index contributed by atoms with van der Waals surface area (Å²) in [6.07, 6.45) is 0.243. The van der Waals surface area contributed by atoms with Crippen molar-refractivity contribution in [1.29, 1.82) is 0 Å². The molecule has 2 aliphatic rings. The molecule has 1 aromatic carbocycles. The largest absolute Gasteiger partial charge is 0.497 e. The molecule has 1 aromatic rings. The lowest BCUT2D eigenvalue weighted by Crippen LogP contribution is -2.53. The Labute approximate surface area is 160 Å². The number of amides is 2. The molecule has 2 fully saturated rings. The van der Waals surface area contributed by atoms with E-state index >= 15 is 0 Å². The second-order valence-electron chi connectivity index (χ2n) is 6.38. The van der Waals surface area contributed by atoms with Gasteiger partial charge in [0.1, 0.15) is 5.75 Å². The van der Waals surface area contributed by atoms with Crippen LogP contribution in [0, 0.1) is 0 Å². The van der Waals surface area contributed by atoms with Crippen LogP contribution in [-0.4, -0.2) is 74.2 Å². The Morgan fingerprint density at radius 3 is 2.69 bits per heavy atom. The second-order valence-corrected chi connectivity index (χ2v) is 6.38. The van der Waals surface area contributed by atoms with Gasteiger partial charge >= 0.3 is 0 Å². The molecule has 0 aromatic heterocycles. The molecule has 8 heteroatoms. The van der Waals surface area contributed by atoms with Crippen molar-refractivity contribution in [3.8, 4) is 5.75 Å². The van der Waals surface area contributed by atoms with E-state index in [0.717, 1.165) is 17.9 Å². The zero-order valence-electron chi connectivity index (χ0n) is 15.0. The maximum Gasteiger partial charge on any atom is 0.242 e. The van der Waals surface area contributed by atoms with E-state index in [0.29, 0.717) is 39.2 Å². The van der Waals surface area contributed by atoms with Crippen LogP contribution in [0.4, 0.5) is 0 Å². The van der Waals surface area contributed by atoms with Crippen molar-refractivity contribution >= 4 is 24.2 Å². The summed E-state index contributed by atoms with van der Waals surface area (Å²) in [5, 5.41) is 3.21. The topological polar surface area (TPSA) is 71.1 Å². The van der Waals surface area contributed by atoms with Gasteiger partial charge in [-0.1, -0.05) is 12.1 Å². The van der Waals surface area contributed by atoms with Gasteiger partial charge in [-0.3, -0.25) is 9.59 Å². The molecule has 1 N–H and O–H groups in total. The average Bonchev–Trinajstić information content (AvgIpc) is 2.65. The van der Waals surface area contributed by atoms with Gasteiger partial charge < -0.3 is 24.6 Å². The van der Waals surface area contributed by atoms with Gasteiger partial charge in [-0.2, -0.15) is 0 Å². The number of halogens is 1. The minimum Gasteiger partial charge on any atom is -0.497 e. The van der Waals surface area contributed by atoms with Crippen LogP contribution in [0.2, 0.25) is 0 Å². The maximum absolute atomic E-state index is 12.4. The molecule has 1 atom stereocenters. The summed E-state index contributed by atoms with van der Waals surface area (Å²) in [5.74, 6) is 0.772. The molecule has 144 valence electrons. The molecular formula is C18H26ClN3O4. The molecule has 2 heterocycles. The highest BCUT2D eigenvalue weighted by molar-refractivity contribution is 5.86. The van der Waals surface area contributed by atoms with Crippen LogP contribution >= 0.6 is 12.4 Å². The van der Waals surface area contributed by atoms with E-state index < -0.39 is 0 Å². The number of ether oxygens (including phenoxy) is 2. The molecule has 2 aliphatic heterocycles. The van der Waals surface area contributed by atoms with E-state index in [-0.39, 0.29) is 36.9 Å². The van der Waals surface area contributed by atoms with Gasteiger partial charge in [-0.25, -0.2) is 0 Å². The lowest BCUT2D eigenvalue weighted by molar-refractivity contribution is -0.147. The minimum atomic E-state index is -0.0892. The third kappa shape index (κ3) is 5.33. The number of carbonyl (C=O) groups excluding carboxylic acids is 2. The van der Waals surface area contributed by atoms with Crippen LogP contribution in [0.15, 0.2) is 24.3 Å². The molecule has 0 radical (unpaired) electrons. The molecule has 0 spiro atoms. The van der Waals surface area contributed by atoms with Crippen molar-refractivity contribution < 1.29 is 19.1 Å². The first-order valence-corrected chi connectivity index (χ1v) is 8.66. The standard InChI is InChI=1S/C18H25N3O4.ClH/c1-24-15-4-2-14(3-5-15)12-20-7-8-21(13-18(20)23)17(22)10-16-11-19-6-9-25-16;/h2-5,16,19H,6-13H2,1H3;1H. The second kappa shape index (κ2) is 9.75. The number of morpholine rings is 1. The lowest BCUT2D eigenvalue weighted by Gasteiger charge is -2.35. The summed E-state index contributed by atoms with van der Waals surface area (Å²) in [7, 11) is 1.63. The maximum atomic E-state index is 12.4. The van der Waals surface area contributed by atoms with Gasteiger partial charge in [0.05, 0.1) is 32.8 Å². The summed E-state index contributed by atoms with van der Waals surface area (Å²) < 4.78 is 10.7. The van der Waals surface area contributed by atoms with Crippen molar-refractivity contribution in [2.24, 2.45) is 0 Å². The van der Waals surface area contributed by atoms with Crippen molar-refractivity contribution in [3.63, 3.8) is 0 Å². The summed E-state index contributed by atoms with van der Waals surface area (Å²) in [4.78, 5) is 28.2. The Kier molecular flexibility index (Phi) is 7.68. The third-order valence-corrected chi connectivity index (χ3v) is 4.61. The van der Waals surface area contributed by atoms with Gasteiger partial charge in [-0.05, 0) is 17.7 Å². The SMILES string of the molecule is COc1ccc(CN2CCN(C(=O)CC3CNCCO3)CC2=O)cc1.Cl. The zero-order valence-corrected chi connectivity index (χ0v) is 15.8. The van der Waals surface area contributed by atoms with Crippen LogP contribution in [0.1, 0.15) is 12.0 Å². The fourth-order valence-corrected chi connectivity index (χ4v) is 3.11. The molecule has 0 aliphatic carbocycles. The molecule has 26 heavy (non-hydrogen) atoms. The van der Waals surface area contributed by atoms with E-state index in [1.807, 2.05) is 24.3 Å². The minimum absolute atomic E-state index is 0. The number of hydrogen-bond acceptors (Lipinski definition) is 5. The molecule has 7 nitrogen and oxygen atoms in total. The number of rotatable bonds is 5. The molecule has 2 saturated heterocycles. The summed E-state index contributed by atoms with van der Waals surface area (Å²) in [6.45, 7) is 3.98. The Bertz CT molecular complexity index is 605. The number of methoxy groups -OCH3 is 1. The Hall–Kier alpha value is -1.83. The first kappa shape index (κ1) is 20.5. The number of carbonyl (C=O) groups is 2. The lowest BCUT2D eigenvalue weighted by atomic mass is 10.1. The fourth-order valence-electron chi connectivity index (χ4n) is 3.11. The third-order valence-electron chi connectivity index (χ3n) is 4.61. The normalized spacial score (nSPS) is 20.5. The molecule has 1 unspecified atom stereocenters. The van der Waals surface area contributed by atoms with Gasteiger partial charge in [-0.15, -0.1) is 12.4 Å². The highest BCUT2D eigenvalue weighted by atomic mass is 35.5. The molecule has 0 saturated carbocycles. The van der Waals surface area contributed by atoms with Crippen LogP contribution in [0.3, 0.4) is 0 Å². The van der Waals surface area contributed by atoms with E-state index in [2.05, 4.69) is 5.32 Å². The summed E-state index contributed by atoms with van der Waals surface area (Å²) >= 11 is 0. The van der Waals surface area contributed by atoms with Crippen LogP contribution in [-0.2, 0) is 20.9 Å². The van der Waals surface area contributed by atoms with Gasteiger partial charge in [0.2, 0.25) is 11.8 Å². The van der Waals surface area contributed by atoms with Crippen LogP contribution in [0.25, 0.3) is 0 Å². The van der Waals surface area contributed by atoms with E-state index in [1.54, 1.807) is 16.9 Å². The predicted octanol–water partition coefficient (Wildman–Crippen LogP) is 0.666. The Morgan fingerprint density at radius 2 is 2.08 bits per heavy atom. The zero-order chi connectivity index (χ0) is 17.6. The van der Waals surface area contributed by atoms with E-state index in [1.165, 1.54) is 0 Å². The summed E-state index contributed by atoms with van der Waals surface area (Å²) in [5.41, 5.74) is 1.05. The number of nitrogens with zero attached hydrogens (tertiary/aromatic N) is 2. The first-order valence-electron chi connectivity index (χ1n) is 8.66. The average molecular weight is 384 g/mol. The van der Waals surface area contributed by atoms with E-state index in [4.69, 9.17) is 9.47 Å². The number of hydrogen-bond donors (Lipinski definition) is 1. The monoisotopic (exact) mass is 383 g/mol. The van der Waals surface area contributed by atoms with Crippen LogP contribution < -0.4 is 10.1 Å². The quantitative estimate of drug-likeness (QED) is 0.809. The number of benzene rings is 1. The Morgan fingerprint density at radius 1 is 1.31 bits per heavy atom. The molecule has 2 amide bonds. The first-order chi connectivity index (χ1) is 12.2. The van der Waals surface area contributed by atoms with E-state index in [9.17, 15) is 9.59 Å². The highest BCUT2D eigenvalue weighted by Gasteiger charge is 2.29. The summed E-state index contributed by atoms with van der Waals surface area (Å²) in [6, 6.07) is 7.68. The number of nitrogens with one attached hydrogen (secondary N) is 1. The predicted molar refractivity (Wildman–Crippen MR) is 99.5 cm³/mol. The molecular weight excluding hydrogens is 358 g/mol. The van der Waals surface area contributed by atoms with Crippen molar-refractivity contribution in [2.75, 3.05) is 46.4 Å². The van der Waals surface area contributed by atoms with Gasteiger partial charge in [0.15, 0.2) is 0 Å². The van der Waals surface area contributed by atoms with Gasteiger partial charge in [0.25, 0.3) is 0 Å². The smallest absolute Gasteiger partial charge is 0.242 e. The van der Waals surface area contributed by atoms with Crippen molar-refractivity contribution in [2.45, 2.75) is 19.1 Å². The van der Waals surface area contributed by atoms with Crippen molar-refractivity contribution in [3.05, 3.63) is 29.8 Å². The van der Waals surface area contributed by atoms with Gasteiger partial charge in [0, 0.05) is 32.7 Å². The molecule has 0 bridgehead atoms. The number of piperazine rings is 1. The fraction of sp³-hybridized carbons (Fsp3) is 0.556.